The van der Waals surface area contributed by atoms with Gasteiger partial charge in [-0.25, -0.2) is 19.3 Å². The molecule has 0 radical (unpaired) electrons. The molecule has 2 heterocycles. The highest BCUT2D eigenvalue weighted by Crippen LogP contribution is 2.39. The zero-order chi connectivity index (χ0) is 25.8. The summed E-state index contributed by atoms with van der Waals surface area (Å²) in [5.41, 5.74) is 8.07. The predicted molar refractivity (Wildman–Crippen MR) is 130 cm³/mol. The standard InChI is InChI=1S/C27H25N3O7/c28-25(31)30(37-27(33)29-20(16-36-26(29)32)13-18-7-3-1-4-8-18)23-17-35-24-14-21(11-12-22(23)24)34-15-19-9-5-2-6-10-19/h1-12,14,20,23H,13,15-17H2,(H2,28,31)/t20-,23-/m1/s1. The van der Waals surface area contributed by atoms with E-state index in [1.54, 1.807) is 18.2 Å². The fourth-order valence-corrected chi connectivity index (χ4v) is 4.31. The molecule has 4 amide bonds. The Morgan fingerprint density at radius 3 is 2.35 bits per heavy atom. The van der Waals surface area contributed by atoms with Crippen LogP contribution in [0.3, 0.4) is 0 Å². The van der Waals surface area contributed by atoms with Gasteiger partial charge in [-0.15, -0.1) is 5.06 Å². The Kier molecular flexibility index (Phi) is 6.80. The number of amides is 4. The second kappa shape index (κ2) is 10.5. The summed E-state index contributed by atoms with van der Waals surface area (Å²) in [6, 6.07) is 21.8. The number of imide groups is 1. The average molecular weight is 504 g/mol. The Morgan fingerprint density at radius 2 is 1.65 bits per heavy atom. The molecule has 37 heavy (non-hydrogen) atoms. The maximum Gasteiger partial charge on any atom is 0.444 e. The van der Waals surface area contributed by atoms with Gasteiger partial charge in [-0.2, -0.15) is 0 Å². The average Bonchev–Trinajstić information content (AvgIpc) is 3.49. The first-order chi connectivity index (χ1) is 18.0. The summed E-state index contributed by atoms with van der Waals surface area (Å²) in [7, 11) is 0. The zero-order valence-electron chi connectivity index (χ0n) is 19.8. The molecule has 2 aliphatic heterocycles. The van der Waals surface area contributed by atoms with Crippen LogP contribution in [0.25, 0.3) is 0 Å². The monoisotopic (exact) mass is 503 g/mol. The minimum absolute atomic E-state index is 0.00554. The molecule has 3 aromatic rings. The second-order valence-corrected chi connectivity index (χ2v) is 8.61. The summed E-state index contributed by atoms with van der Waals surface area (Å²) in [6.07, 6.45) is -1.53. The molecule has 0 unspecified atom stereocenters. The number of fused-ring (bicyclic) bond motifs is 1. The number of carbonyl (C=O) groups is 3. The lowest BCUT2D eigenvalue weighted by Crippen LogP contribution is -2.47. The lowest BCUT2D eigenvalue weighted by Gasteiger charge is -2.27. The van der Waals surface area contributed by atoms with Crippen molar-refractivity contribution < 1.29 is 33.4 Å². The normalized spacial score (nSPS) is 17.9. The van der Waals surface area contributed by atoms with Crippen LogP contribution < -0.4 is 15.2 Å². The molecule has 5 rings (SSSR count). The fraction of sp³-hybridized carbons (Fsp3) is 0.222. The summed E-state index contributed by atoms with van der Waals surface area (Å²) in [5.74, 6) is 1.05. The maximum absolute atomic E-state index is 13.0. The molecule has 0 spiro atoms. The van der Waals surface area contributed by atoms with Crippen molar-refractivity contribution in [1.29, 1.82) is 0 Å². The number of hydrogen-bond donors (Lipinski definition) is 1. The summed E-state index contributed by atoms with van der Waals surface area (Å²) >= 11 is 0. The van der Waals surface area contributed by atoms with Crippen LogP contribution in [-0.4, -0.2) is 47.4 Å². The van der Waals surface area contributed by atoms with Gasteiger partial charge in [0.2, 0.25) is 0 Å². The smallest absolute Gasteiger partial charge is 0.444 e. The van der Waals surface area contributed by atoms with Gasteiger partial charge in [0.05, 0.1) is 6.04 Å². The first-order valence-electron chi connectivity index (χ1n) is 11.7. The first-order valence-corrected chi connectivity index (χ1v) is 11.7. The van der Waals surface area contributed by atoms with E-state index in [4.69, 9.17) is 24.8 Å². The van der Waals surface area contributed by atoms with Crippen molar-refractivity contribution in [2.45, 2.75) is 25.1 Å². The molecule has 2 atom stereocenters. The van der Waals surface area contributed by atoms with E-state index in [1.807, 2.05) is 60.7 Å². The molecule has 2 aliphatic rings. The molecule has 0 saturated carbocycles. The van der Waals surface area contributed by atoms with Crippen molar-refractivity contribution in [3.63, 3.8) is 0 Å². The topological polar surface area (TPSA) is 121 Å². The number of cyclic esters (lactones) is 1. The third-order valence-electron chi connectivity index (χ3n) is 6.14. The molecule has 0 aromatic heterocycles. The van der Waals surface area contributed by atoms with Crippen molar-refractivity contribution in [1.82, 2.24) is 9.96 Å². The third-order valence-corrected chi connectivity index (χ3v) is 6.14. The highest BCUT2D eigenvalue weighted by Gasteiger charge is 2.43. The molecule has 10 heteroatoms. The fourth-order valence-electron chi connectivity index (χ4n) is 4.31. The zero-order valence-corrected chi connectivity index (χ0v) is 19.8. The van der Waals surface area contributed by atoms with Gasteiger partial charge in [0, 0.05) is 11.6 Å². The lowest BCUT2D eigenvalue weighted by atomic mass is 10.1. The maximum atomic E-state index is 13.0. The van der Waals surface area contributed by atoms with Crippen LogP contribution in [0.5, 0.6) is 11.5 Å². The van der Waals surface area contributed by atoms with E-state index < -0.39 is 30.3 Å². The van der Waals surface area contributed by atoms with E-state index in [1.165, 1.54) is 0 Å². The van der Waals surface area contributed by atoms with E-state index in [0.29, 0.717) is 30.1 Å². The Labute approximate surface area is 213 Å². The summed E-state index contributed by atoms with van der Waals surface area (Å²) in [6.45, 7) is 0.399. The van der Waals surface area contributed by atoms with Crippen LogP contribution in [0.2, 0.25) is 0 Å². The number of hydrogen-bond acceptors (Lipinski definition) is 7. The molecule has 190 valence electrons. The van der Waals surface area contributed by atoms with Crippen molar-refractivity contribution in [2.75, 3.05) is 13.2 Å². The van der Waals surface area contributed by atoms with E-state index in [2.05, 4.69) is 0 Å². The van der Waals surface area contributed by atoms with E-state index in [-0.39, 0.29) is 13.2 Å². The van der Waals surface area contributed by atoms with E-state index in [0.717, 1.165) is 21.1 Å². The van der Waals surface area contributed by atoms with Gasteiger partial charge >= 0.3 is 18.2 Å². The van der Waals surface area contributed by atoms with Crippen LogP contribution in [0.4, 0.5) is 14.4 Å². The van der Waals surface area contributed by atoms with Crippen LogP contribution in [0.1, 0.15) is 22.7 Å². The van der Waals surface area contributed by atoms with Crippen LogP contribution in [0, 0.1) is 0 Å². The Bertz CT molecular complexity index is 1290. The van der Waals surface area contributed by atoms with Gasteiger partial charge in [-0.1, -0.05) is 60.7 Å². The number of hydroxylamine groups is 2. The summed E-state index contributed by atoms with van der Waals surface area (Å²) < 4.78 is 16.6. The molecular weight excluding hydrogens is 478 g/mol. The van der Waals surface area contributed by atoms with Gasteiger partial charge in [-0.05, 0) is 29.7 Å². The minimum atomic E-state index is -1.06. The third kappa shape index (κ3) is 5.27. The van der Waals surface area contributed by atoms with Gasteiger partial charge in [0.15, 0.2) is 0 Å². The highest BCUT2D eigenvalue weighted by atomic mass is 16.7. The Hall–Kier alpha value is -4.73. The minimum Gasteiger partial charge on any atom is -0.490 e. The van der Waals surface area contributed by atoms with Gasteiger partial charge in [0.25, 0.3) is 0 Å². The molecular formula is C27H25N3O7. The number of benzene rings is 3. The van der Waals surface area contributed by atoms with Gasteiger partial charge in [-0.3, -0.25) is 0 Å². The van der Waals surface area contributed by atoms with Crippen molar-refractivity contribution in [2.24, 2.45) is 5.73 Å². The van der Waals surface area contributed by atoms with E-state index >= 15 is 0 Å². The van der Waals surface area contributed by atoms with Crippen molar-refractivity contribution >= 4 is 18.2 Å². The van der Waals surface area contributed by atoms with Gasteiger partial charge in [0.1, 0.15) is 37.4 Å². The van der Waals surface area contributed by atoms with Gasteiger partial charge < -0.3 is 24.8 Å². The number of nitrogens with two attached hydrogens (primary N) is 1. The molecule has 2 N–H and O–H groups in total. The number of rotatable bonds is 6. The SMILES string of the molecule is NC(=O)N(OC(=O)N1C(=O)OC[C@H]1Cc1ccccc1)[C@@H]1COc2cc(OCc3ccccc3)ccc21. The molecule has 0 aliphatic carbocycles. The van der Waals surface area contributed by atoms with E-state index in [9.17, 15) is 14.4 Å². The van der Waals surface area contributed by atoms with Crippen LogP contribution >= 0.6 is 0 Å². The highest BCUT2D eigenvalue weighted by molar-refractivity contribution is 5.90. The number of nitrogens with zero attached hydrogens (tertiary/aromatic N) is 2. The lowest BCUT2D eigenvalue weighted by molar-refractivity contribution is -0.0994. The predicted octanol–water partition coefficient (Wildman–Crippen LogP) is 4.19. The van der Waals surface area contributed by atoms with Crippen molar-refractivity contribution in [3.05, 3.63) is 95.6 Å². The summed E-state index contributed by atoms with van der Waals surface area (Å²) in [4.78, 5) is 43.8. The quantitative estimate of drug-likeness (QED) is 0.501. The Morgan fingerprint density at radius 1 is 0.946 bits per heavy atom. The second-order valence-electron chi connectivity index (χ2n) is 8.61. The van der Waals surface area contributed by atoms with Crippen LogP contribution in [0.15, 0.2) is 78.9 Å². The van der Waals surface area contributed by atoms with Crippen molar-refractivity contribution in [3.8, 4) is 11.5 Å². The molecule has 3 aromatic carbocycles. The van der Waals surface area contributed by atoms with Crippen LogP contribution in [-0.2, 0) is 22.6 Å². The molecule has 10 nitrogen and oxygen atoms in total. The molecule has 1 fully saturated rings. The largest absolute Gasteiger partial charge is 0.490 e. The molecule has 0 bridgehead atoms. The summed E-state index contributed by atoms with van der Waals surface area (Å²) in [5, 5.41) is 0.726. The number of carbonyl (C=O) groups excluding carboxylic acids is 3. The number of ether oxygens (including phenoxy) is 3. The number of primary amides is 1. The first kappa shape index (κ1) is 24.0. The number of urea groups is 1. The molecule has 1 saturated heterocycles. The Balaban J connectivity index is 1.27.